The van der Waals surface area contributed by atoms with Gasteiger partial charge in [0, 0.05) is 12.8 Å². The molecule has 0 heterocycles. The maximum atomic E-state index is 12.5. The molecule has 0 bridgehead atoms. The second-order valence-corrected chi connectivity index (χ2v) is 20.0. The van der Waals surface area contributed by atoms with Crippen LogP contribution in [-0.2, 0) is 14.3 Å². The fraction of sp³-hybridized carbons (Fsp3) is 0.898. The predicted octanol–water partition coefficient (Wildman–Crippen LogP) is 17.9. The minimum atomic E-state index is -0.669. The standard InChI is InChI=1S/C59H113NO5/c1-3-5-7-9-11-13-15-17-19-20-21-24-27-31-35-39-43-47-51-57(62)56(55-61)60-58(63)52-48-44-40-36-32-28-25-22-23-26-30-34-38-42-46-50-54-65-59(64)53-49-45-41-37-33-29-18-16-14-12-10-8-6-4-2/h10,12,16,18,56-57,61-62H,3-9,11,13-15,17,19-55H2,1-2H3,(H,60,63)/b12-10-,18-16-. The van der Waals surface area contributed by atoms with Crippen LogP contribution in [0.25, 0.3) is 0 Å². The molecule has 0 aliphatic heterocycles. The lowest BCUT2D eigenvalue weighted by atomic mass is 10.0. The number of amides is 1. The van der Waals surface area contributed by atoms with E-state index in [1.165, 1.54) is 225 Å². The van der Waals surface area contributed by atoms with Crippen LogP contribution in [0.3, 0.4) is 0 Å². The van der Waals surface area contributed by atoms with Crippen molar-refractivity contribution in [3.05, 3.63) is 24.3 Å². The Morgan fingerprint density at radius 2 is 0.785 bits per heavy atom. The number of unbranched alkanes of at least 4 members (excludes halogenated alkanes) is 39. The van der Waals surface area contributed by atoms with Gasteiger partial charge in [0.1, 0.15) is 0 Å². The van der Waals surface area contributed by atoms with Gasteiger partial charge in [0.2, 0.25) is 5.91 Å². The van der Waals surface area contributed by atoms with Crippen molar-refractivity contribution in [3.8, 4) is 0 Å². The fourth-order valence-electron chi connectivity index (χ4n) is 9.01. The first-order chi connectivity index (χ1) is 32.0. The van der Waals surface area contributed by atoms with Gasteiger partial charge in [-0.15, -0.1) is 0 Å². The van der Waals surface area contributed by atoms with Gasteiger partial charge in [0.15, 0.2) is 0 Å². The zero-order chi connectivity index (χ0) is 47.2. The van der Waals surface area contributed by atoms with Crippen LogP contribution in [0.2, 0.25) is 0 Å². The third-order valence-electron chi connectivity index (χ3n) is 13.5. The largest absolute Gasteiger partial charge is 0.466 e. The van der Waals surface area contributed by atoms with Gasteiger partial charge in [0.05, 0.1) is 25.4 Å². The molecule has 2 atom stereocenters. The number of nitrogens with one attached hydrogen (secondary N) is 1. The van der Waals surface area contributed by atoms with Crippen LogP contribution in [0, 0.1) is 0 Å². The lowest BCUT2D eigenvalue weighted by molar-refractivity contribution is -0.143. The molecule has 0 aromatic heterocycles. The molecule has 0 radical (unpaired) electrons. The molecular formula is C59H113NO5. The fourth-order valence-corrected chi connectivity index (χ4v) is 9.01. The number of allylic oxidation sites excluding steroid dienone is 4. The van der Waals surface area contributed by atoms with Gasteiger partial charge >= 0.3 is 5.97 Å². The van der Waals surface area contributed by atoms with E-state index in [0.717, 1.165) is 57.8 Å². The van der Waals surface area contributed by atoms with Crippen molar-refractivity contribution in [1.82, 2.24) is 5.32 Å². The van der Waals surface area contributed by atoms with E-state index < -0.39 is 12.1 Å². The smallest absolute Gasteiger partial charge is 0.305 e. The Labute approximate surface area is 405 Å². The van der Waals surface area contributed by atoms with Gasteiger partial charge in [-0.25, -0.2) is 0 Å². The molecule has 0 saturated carbocycles. The normalized spacial score (nSPS) is 12.7. The first-order valence-corrected chi connectivity index (χ1v) is 29.1. The highest BCUT2D eigenvalue weighted by Crippen LogP contribution is 2.17. The Hall–Kier alpha value is -1.66. The summed E-state index contributed by atoms with van der Waals surface area (Å²) in [6, 6.07) is -0.547. The zero-order valence-electron chi connectivity index (χ0n) is 43.7. The minimum absolute atomic E-state index is 0.0110. The Balaban J connectivity index is 3.43. The number of carbonyl (C=O) groups excluding carboxylic acids is 2. The summed E-state index contributed by atoms with van der Waals surface area (Å²) in [5.74, 6) is -0.0510. The quantitative estimate of drug-likeness (QED) is 0.0321. The van der Waals surface area contributed by atoms with Crippen molar-refractivity contribution < 1.29 is 24.5 Å². The van der Waals surface area contributed by atoms with Crippen LogP contribution in [0.5, 0.6) is 0 Å². The van der Waals surface area contributed by atoms with Crippen molar-refractivity contribution in [3.63, 3.8) is 0 Å². The van der Waals surface area contributed by atoms with E-state index in [0.29, 0.717) is 25.9 Å². The van der Waals surface area contributed by atoms with Gasteiger partial charge < -0.3 is 20.3 Å². The monoisotopic (exact) mass is 916 g/mol. The van der Waals surface area contributed by atoms with E-state index in [4.69, 9.17) is 4.74 Å². The summed E-state index contributed by atoms with van der Waals surface area (Å²) < 4.78 is 5.46. The maximum absolute atomic E-state index is 12.5. The molecule has 2 unspecified atom stereocenters. The van der Waals surface area contributed by atoms with Crippen molar-refractivity contribution in [1.29, 1.82) is 0 Å². The second-order valence-electron chi connectivity index (χ2n) is 20.0. The Morgan fingerprint density at radius 1 is 0.431 bits per heavy atom. The highest BCUT2D eigenvalue weighted by Gasteiger charge is 2.20. The van der Waals surface area contributed by atoms with E-state index in [-0.39, 0.29) is 18.5 Å². The molecule has 0 spiro atoms. The van der Waals surface area contributed by atoms with Gasteiger partial charge in [-0.2, -0.15) is 0 Å². The highest BCUT2D eigenvalue weighted by molar-refractivity contribution is 5.76. The van der Waals surface area contributed by atoms with E-state index in [9.17, 15) is 19.8 Å². The van der Waals surface area contributed by atoms with Crippen molar-refractivity contribution in [2.24, 2.45) is 0 Å². The van der Waals surface area contributed by atoms with Crippen LogP contribution in [0.4, 0.5) is 0 Å². The molecule has 0 aromatic carbocycles. The molecule has 0 aliphatic rings. The molecule has 384 valence electrons. The predicted molar refractivity (Wildman–Crippen MR) is 283 cm³/mol. The molecule has 65 heavy (non-hydrogen) atoms. The highest BCUT2D eigenvalue weighted by atomic mass is 16.5. The number of hydrogen-bond acceptors (Lipinski definition) is 5. The van der Waals surface area contributed by atoms with Crippen LogP contribution < -0.4 is 5.32 Å². The molecule has 6 nitrogen and oxygen atoms in total. The van der Waals surface area contributed by atoms with Gasteiger partial charge in [-0.05, 0) is 51.4 Å². The molecule has 0 aliphatic carbocycles. The number of carbonyl (C=O) groups is 2. The van der Waals surface area contributed by atoms with Crippen LogP contribution in [0.15, 0.2) is 24.3 Å². The second kappa shape index (κ2) is 54.9. The molecule has 0 fully saturated rings. The zero-order valence-corrected chi connectivity index (χ0v) is 43.7. The topological polar surface area (TPSA) is 95.9 Å². The molecule has 6 heteroatoms. The summed E-state index contributed by atoms with van der Waals surface area (Å²) in [5.41, 5.74) is 0. The van der Waals surface area contributed by atoms with Crippen LogP contribution in [-0.4, -0.2) is 47.4 Å². The summed E-state index contributed by atoms with van der Waals surface area (Å²) in [6.45, 7) is 4.91. The molecule has 1 amide bonds. The molecule has 0 saturated heterocycles. The summed E-state index contributed by atoms with van der Waals surface area (Å²) >= 11 is 0. The Bertz CT molecular complexity index is 1010. The van der Waals surface area contributed by atoms with Gasteiger partial charge in [-0.3, -0.25) is 9.59 Å². The summed E-state index contributed by atoms with van der Waals surface area (Å²) in [6.07, 6.45) is 65.9. The first-order valence-electron chi connectivity index (χ1n) is 29.1. The van der Waals surface area contributed by atoms with E-state index in [2.05, 4.69) is 43.5 Å². The number of hydrogen-bond donors (Lipinski definition) is 3. The summed E-state index contributed by atoms with van der Waals surface area (Å²) in [4.78, 5) is 24.5. The molecule has 0 aromatic rings. The molecule has 3 N–H and O–H groups in total. The molecule has 0 rings (SSSR count). The average molecular weight is 917 g/mol. The number of ether oxygens (including phenoxy) is 1. The lowest BCUT2D eigenvalue weighted by Crippen LogP contribution is -2.45. The first kappa shape index (κ1) is 63.3. The summed E-state index contributed by atoms with van der Waals surface area (Å²) in [5, 5.41) is 23.3. The maximum Gasteiger partial charge on any atom is 0.305 e. The van der Waals surface area contributed by atoms with Crippen molar-refractivity contribution >= 4 is 11.9 Å². The average Bonchev–Trinajstić information content (AvgIpc) is 3.31. The Kier molecular flexibility index (Phi) is 53.5. The number of aliphatic hydroxyl groups is 2. The van der Waals surface area contributed by atoms with E-state index in [1.54, 1.807) is 0 Å². The van der Waals surface area contributed by atoms with Crippen molar-refractivity contribution in [2.75, 3.05) is 13.2 Å². The van der Waals surface area contributed by atoms with E-state index >= 15 is 0 Å². The van der Waals surface area contributed by atoms with Crippen molar-refractivity contribution in [2.45, 2.75) is 328 Å². The third-order valence-corrected chi connectivity index (χ3v) is 13.5. The number of aliphatic hydroxyl groups excluding tert-OH is 2. The lowest BCUT2D eigenvalue weighted by Gasteiger charge is -2.22. The molecular weight excluding hydrogens is 803 g/mol. The minimum Gasteiger partial charge on any atom is -0.466 e. The van der Waals surface area contributed by atoms with Gasteiger partial charge in [0.25, 0.3) is 0 Å². The number of esters is 1. The third kappa shape index (κ3) is 51.6. The summed E-state index contributed by atoms with van der Waals surface area (Å²) in [7, 11) is 0. The van der Waals surface area contributed by atoms with E-state index in [1.807, 2.05) is 0 Å². The SMILES string of the molecule is CCCC/C=C\C/C=C\CCCCCCCC(=O)OCCCCCCCCCCCCCCCCCCC(=O)NC(CO)C(O)CCCCCCCCCCCCCCCCCCCC. The number of rotatable bonds is 54. The van der Waals surface area contributed by atoms with Crippen LogP contribution in [0.1, 0.15) is 316 Å². The van der Waals surface area contributed by atoms with Gasteiger partial charge in [-0.1, -0.05) is 276 Å². The Morgan fingerprint density at radius 3 is 1.22 bits per heavy atom. The van der Waals surface area contributed by atoms with Crippen LogP contribution >= 0.6 is 0 Å².